The largest absolute Gasteiger partial charge is 0.281 e. The molecule has 2 aromatic heterocycles. The van der Waals surface area contributed by atoms with E-state index in [0.717, 1.165) is 48.2 Å². The van der Waals surface area contributed by atoms with Gasteiger partial charge in [-0.2, -0.15) is 0 Å². The van der Waals surface area contributed by atoms with E-state index in [2.05, 4.69) is 15.2 Å². The Hall–Kier alpha value is -2.34. The van der Waals surface area contributed by atoms with Crippen molar-refractivity contribution in [1.29, 1.82) is 0 Å². The molecule has 1 aliphatic rings. The molecule has 0 radical (unpaired) electrons. The third-order valence-corrected chi connectivity index (χ3v) is 4.74. The Labute approximate surface area is 148 Å². The van der Waals surface area contributed by atoms with Crippen LogP contribution in [-0.2, 0) is 18.8 Å². The fourth-order valence-electron chi connectivity index (χ4n) is 3.21. The number of nitrogens with zero attached hydrogens (tertiary/aromatic N) is 4. The highest BCUT2D eigenvalue weighted by atomic mass is 35.5. The quantitative estimate of drug-likeness (QED) is 0.675. The monoisotopic (exact) mass is 360 g/mol. The van der Waals surface area contributed by atoms with Gasteiger partial charge in [0.05, 0.1) is 10.7 Å². The first kappa shape index (κ1) is 16.1. The molecular formula is C18H15ClF2N4. The minimum absolute atomic E-state index is 0.115. The number of pyridine rings is 1. The van der Waals surface area contributed by atoms with E-state index < -0.39 is 5.92 Å². The van der Waals surface area contributed by atoms with Gasteiger partial charge in [-0.25, -0.2) is 8.78 Å². The maximum atomic E-state index is 13.6. The molecule has 0 aliphatic carbocycles. The lowest BCUT2D eigenvalue weighted by Crippen LogP contribution is -2.14. The summed E-state index contributed by atoms with van der Waals surface area (Å²) in [7, 11) is 0. The summed E-state index contributed by atoms with van der Waals surface area (Å²) in [6.45, 7) is 2.75. The second kappa shape index (κ2) is 5.59. The van der Waals surface area contributed by atoms with Gasteiger partial charge in [-0.15, -0.1) is 10.2 Å². The van der Waals surface area contributed by atoms with Crippen LogP contribution in [0.25, 0.3) is 16.8 Å². The van der Waals surface area contributed by atoms with Gasteiger partial charge in [0, 0.05) is 36.9 Å². The van der Waals surface area contributed by atoms with Crippen LogP contribution in [0.4, 0.5) is 8.78 Å². The fourth-order valence-corrected chi connectivity index (χ4v) is 3.53. The van der Waals surface area contributed by atoms with Crippen molar-refractivity contribution in [1.82, 2.24) is 19.7 Å². The minimum atomic E-state index is -2.94. The molecule has 0 saturated heterocycles. The average molecular weight is 361 g/mol. The van der Waals surface area contributed by atoms with Crippen LogP contribution < -0.4 is 0 Å². The lowest BCUT2D eigenvalue weighted by molar-refractivity contribution is 0.0171. The lowest BCUT2D eigenvalue weighted by Gasteiger charge is -2.21. The number of hydrogen-bond acceptors (Lipinski definition) is 3. The summed E-state index contributed by atoms with van der Waals surface area (Å²) in [4.78, 5) is 3.96. The van der Waals surface area contributed by atoms with Crippen molar-refractivity contribution in [2.24, 2.45) is 0 Å². The van der Waals surface area contributed by atoms with Gasteiger partial charge in [0.1, 0.15) is 11.6 Å². The first-order chi connectivity index (χ1) is 11.8. The number of hydrogen-bond donors (Lipinski definition) is 0. The summed E-state index contributed by atoms with van der Waals surface area (Å²) >= 11 is 6.54. The van der Waals surface area contributed by atoms with E-state index in [1.807, 2.05) is 17.6 Å². The Morgan fingerprint density at radius 3 is 2.64 bits per heavy atom. The molecule has 4 nitrogen and oxygen atoms in total. The molecule has 25 heavy (non-hydrogen) atoms. The minimum Gasteiger partial charge on any atom is -0.281 e. The van der Waals surface area contributed by atoms with Crippen molar-refractivity contribution in [3.8, 4) is 16.8 Å². The molecule has 1 aliphatic heterocycles. The van der Waals surface area contributed by atoms with E-state index in [9.17, 15) is 8.78 Å². The van der Waals surface area contributed by atoms with Crippen molar-refractivity contribution in [2.45, 2.75) is 32.6 Å². The van der Waals surface area contributed by atoms with Crippen LogP contribution in [0.1, 0.15) is 29.7 Å². The van der Waals surface area contributed by atoms with Gasteiger partial charge in [0.15, 0.2) is 0 Å². The number of aromatic nitrogens is 4. The van der Waals surface area contributed by atoms with E-state index in [0.29, 0.717) is 10.6 Å². The molecule has 0 saturated carbocycles. The molecule has 0 amide bonds. The predicted molar refractivity (Wildman–Crippen MR) is 91.3 cm³/mol. The summed E-state index contributed by atoms with van der Waals surface area (Å²) < 4.78 is 29.1. The highest BCUT2D eigenvalue weighted by Crippen LogP contribution is 2.36. The summed E-state index contributed by atoms with van der Waals surface area (Å²) in [5.41, 5.74) is 3.20. The number of fused-ring (bicyclic) bond motifs is 3. The molecule has 4 rings (SSSR count). The van der Waals surface area contributed by atoms with Crippen molar-refractivity contribution < 1.29 is 8.78 Å². The Balaban J connectivity index is 1.86. The molecule has 3 aromatic rings. The van der Waals surface area contributed by atoms with Crippen molar-refractivity contribution in [3.05, 3.63) is 58.4 Å². The molecule has 128 valence electrons. The van der Waals surface area contributed by atoms with E-state index >= 15 is 0 Å². The molecule has 0 spiro atoms. The van der Waals surface area contributed by atoms with Crippen LogP contribution in [-0.4, -0.2) is 19.7 Å². The summed E-state index contributed by atoms with van der Waals surface area (Å²) in [5.74, 6) is -1.27. The van der Waals surface area contributed by atoms with Crippen LogP contribution in [0.15, 0.2) is 30.6 Å². The van der Waals surface area contributed by atoms with Gasteiger partial charge in [-0.3, -0.25) is 9.55 Å². The van der Waals surface area contributed by atoms with Crippen LogP contribution in [0.3, 0.4) is 0 Å². The molecule has 7 heteroatoms. The zero-order valence-electron chi connectivity index (χ0n) is 13.7. The third-order valence-electron chi connectivity index (χ3n) is 4.45. The van der Waals surface area contributed by atoms with Crippen molar-refractivity contribution >= 4 is 11.6 Å². The van der Waals surface area contributed by atoms with Gasteiger partial charge < -0.3 is 0 Å². The van der Waals surface area contributed by atoms with Crippen molar-refractivity contribution in [3.63, 3.8) is 0 Å². The lowest BCUT2D eigenvalue weighted by atomic mass is 9.96. The molecule has 3 heterocycles. The number of benzene rings is 1. The van der Waals surface area contributed by atoms with Gasteiger partial charge in [0.2, 0.25) is 0 Å². The molecule has 1 aromatic carbocycles. The number of aryl methyl sites for hydroxylation is 3. The summed E-state index contributed by atoms with van der Waals surface area (Å²) in [5, 5.41) is 8.84. The van der Waals surface area contributed by atoms with Crippen molar-refractivity contribution in [2.75, 3.05) is 0 Å². The standard InChI is InChI=1S/C18H15ClF2N4/c1-10-23-24-16-4-3-11-5-12(7-15(19)17(11)25(10)16)13-6-14(9-22-8-13)18(2,20)21/h5-9H,3-4H2,1-2H3. The Bertz CT molecular complexity index is 976. The zero-order valence-corrected chi connectivity index (χ0v) is 14.5. The number of rotatable bonds is 2. The van der Waals surface area contributed by atoms with Crippen LogP contribution >= 0.6 is 11.6 Å². The normalized spacial score (nSPS) is 13.5. The molecule has 0 N–H and O–H groups in total. The van der Waals surface area contributed by atoms with Gasteiger partial charge in [-0.05, 0) is 42.7 Å². The molecule has 0 fully saturated rings. The van der Waals surface area contributed by atoms with E-state index in [-0.39, 0.29) is 5.56 Å². The fraction of sp³-hybridized carbons (Fsp3) is 0.278. The Kier molecular flexibility index (Phi) is 3.61. The van der Waals surface area contributed by atoms with E-state index in [1.165, 1.54) is 12.3 Å². The molecule has 0 bridgehead atoms. The number of alkyl halides is 2. The third kappa shape index (κ3) is 2.70. The highest BCUT2D eigenvalue weighted by molar-refractivity contribution is 6.33. The first-order valence-electron chi connectivity index (χ1n) is 7.92. The smallest absolute Gasteiger partial charge is 0.272 e. The Morgan fingerprint density at radius 1 is 1.08 bits per heavy atom. The van der Waals surface area contributed by atoms with Crippen LogP contribution in [0, 0.1) is 6.92 Å². The molecule has 0 unspecified atom stereocenters. The van der Waals surface area contributed by atoms with Gasteiger partial charge in [-0.1, -0.05) is 11.6 Å². The predicted octanol–water partition coefficient (Wildman–Crippen LogP) is 4.50. The number of halogens is 3. The molecule has 0 atom stereocenters. The van der Waals surface area contributed by atoms with E-state index in [4.69, 9.17) is 11.6 Å². The summed E-state index contributed by atoms with van der Waals surface area (Å²) in [6, 6.07) is 5.23. The summed E-state index contributed by atoms with van der Waals surface area (Å²) in [6.07, 6.45) is 4.30. The average Bonchev–Trinajstić information content (AvgIpc) is 2.95. The second-order valence-electron chi connectivity index (χ2n) is 6.32. The topological polar surface area (TPSA) is 43.6 Å². The van der Waals surface area contributed by atoms with Gasteiger partial charge >= 0.3 is 0 Å². The maximum Gasteiger partial charge on any atom is 0.272 e. The zero-order chi connectivity index (χ0) is 17.8. The van der Waals surface area contributed by atoms with Gasteiger partial charge in [0.25, 0.3) is 5.92 Å². The maximum absolute atomic E-state index is 13.6. The van der Waals surface area contributed by atoms with Crippen LogP contribution in [0.5, 0.6) is 0 Å². The Morgan fingerprint density at radius 2 is 1.88 bits per heavy atom. The highest BCUT2D eigenvalue weighted by Gasteiger charge is 2.26. The van der Waals surface area contributed by atoms with Crippen LogP contribution in [0.2, 0.25) is 5.02 Å². The SMILES string of the molecule is Cc1nnc2n1-c1c(Cl)cc(-c3cncc(C(C)(F)F)c3)cc1CC2. The van der Waals surface area contributed by atoms with E-state index in [1.54, 1.807) is 12.3 Å². The first-order valence-corrected chi connectivity index (χ1v) is 8.30. The molecular weight excluding hydrogens is 346 g/mol. The second-order valence-corrected chi connectivity index (χ2v) is 6.72.